The van der Waals surface area contributed by atoms with Gasteiger partial charge in [0.1, 0.15) is 19.8 Å². The van der Waals surface area contributed by atoms with Crippen molar-refractivity contribution in [3.05, 3.63) is 179 Å². The number of rotatable bonds is 29. The number of carbonyl (C=O) groups is 6. The van der Waals surface area contributed by atoms with Crippen LogP contribution in [-0.4, -0.2) is 120 Å². The molecular formula is C71H81Cl3N6O15S. The minimum atomic E-state index is -5.46. The maximum absolute atomic E-state index is 13.7. The van der Waals surface area contributed by atoms with Gasteiger partial charge in [-0.2, -0.15) is 8.42 Å². The molecule has 6 amide bonds. The molecule has 0 heterocycles. The smallest absolute Gasteiger partial charge is 0.418 e. The summed E-state index contributed by atoms with van der Waals surface area (Å²) in [4.78, 5) is 82.9. The highest BCUT2D eigenvalue weighted by Gasteiger charge is 2.47. The van der Waals surface area contributed by atoms with E-state index in [1.165, 1.54) is 14.7 Å². The van der Waals surface area contributed by atoms with E-state index < -0.39 is 77.5 Å². The Morgan fingerprint density at radius 3 is 0.875 bits per heavy atom. The standard InChI is InChI=1S/C71H81Cl3N6O15S/c72-56-28-34-62(35-29-56)78(59-10-4-1-5-11-59)68(84)93-43-53-22-16-50(17-23-53)40-90-46-65(81)75-49-71(96(87,88)89,76-66(82)47-91-41-51-18-24-54(25-19-51)44-94-69(85)79(60-12-6-2-7-13-60)63-36-30-57(73)31-37-63)77-67(83)48-92-42-52-20-26-55(27-21-52)45-95-70(86)80(61-14-8-3-9-15-61)64-38-32-58(74)33-39-64/h1-15,28-39,50-55H,16-27,40-49H2,(H,75,81)(H,76,82)(H,77,83)(H,87,88,89). The summed E-state index contributed by atoms with van der Waals surface area (Å²) in [5.74, 6) is -2.58. The lowest BCUT2D eigenvalue weighted by molar-refractivity contribution is -0.132. The number of nitrogens with zero attached hydrogens (tertiary/aromatic N) is 3. The zero-order valence-electron chi connectivity index (χ0n) is 53.2. The van der Waals surface area contributed by atoms with E-state index in [9.17, 15) is 41.7 Å². The number of amides is 6. The number of para-hydroxylation sites is 3. The van der Waals surface area contributed by atoms with Crippen molar-refractivity contribution in [1.29, 1.82) is 0 Å². The van der Waals surface area contributed by atoms with Crippen molar-refractivity contribution in [3.8, 4) is 0 Å². The summed E-state index contributed by atoms with van der Waals surface area (Å²) in [6.45, 7) is -1.91. The van der Waals surface area contributed by atoms with Crippen LogP contribution in [-0.2, 0) is 52.9 Å². The van der Waals surface area contributed by atoms with Gasteiger partial charge in [-0.1, -0.05) is 89.4 Å². The number of benzene rings is 6. The van der Waals surface area contributed by atoms with Crippen molar-refractivity contribution in [2.75, 3.05) is 80.7 Å². The Hall–Kier alpha value is -7.80. The number of carbonyl (C=O) groups excluding carboxylic acids is 6. The van der Waals surface area contributed by atoms with Gasteiger partial charge in [-0.05, 0) is 222 Å². The third-order valence-corrected chi connectivity index (χ3v) is 19.5. The highest BCUT2D eigenvalue weighted by atomic mass is 35.5. The summed E-state index contributed by atoms with van der Waals surface area (Å²) in [6.07, 6.45) is 6.80. The first-order chi connectivity index (χ1) is 46.4. The van der Waals surface area contributed by atoms with Crippen molar-refractivity contribution < 1.29 is 70.2 Å². The Labute approximate surface area is 575 Å². The van der Waals surface area contributed by atoms with Crippen LogP contribution in [0.4, 0.5) is 48.5 Å². The van der Waals surface area contributed by atoms with Crippen molar-refractivity contribution in [1.82, 2.24) is 16.0 Å². The fourth-order valence-electron chi connectivity index (χ4n) is 12.1. The monoisotopic (exact) mass is 1390 g/mol. The SMILES string of the molecule is O=C(COCC1CCC(COC(=O)N(c2ccccc2)c2ccc(Cl)cc2)CC1)NCC(NC(=O)COCC1CCC(COC(=O)N(c2ccccc2)c2ccc(Cl)cc2)CC1)(NC(=O)COCC1CCC(COC(=O)N(c2ccccc2)c2ccc(Cl)cc2)CC1)S(=O)(=O)O. The molecular weight excluding hydrogens is 1320 g/mol. The van der Waals surface area contributed by atoms with E-state index in [1.54, 1.807) is 97.1 Å². The van der Waals surface area contributed by atoms with Gasteiger partial charge in [0, 0.05) is 15.1 Å². The Balaban J connectivity index is 0.740. The molecule has 4 N–H and O–H groups in total. The highest BCUT2D eigenvalue weighted by molar-refractivity contribution is 7.87. The van der Waals surface area contributed by atoms with E-state index >= 15 is 0 Å². The normalized spacial score (nSPS) is 19.3. The molecule has 96 heavy (non-hydrogen) atoms. The average Bonchev–Trinajstić information content (AvgIpc) is 0.804. The molecule has 0 aromatic heterocycles. The molecule has 3 aliphatic rings. The Morgan fingerprint density at radius 2 is 0.615 bits per heavy atom. The number of nitrogens with one attached hydrogen (secondary N) is 3. The van der Waals surface area contributed by atoms with Gasteiger partial charge in [-0.25, -0.2) is 29.1 Å². The second kappa shape index (κ2) is 36.0. The lowest BCUT2D eigenvalue weighted by atomic mass is 9.83. The van der Waals surface area contributed by atoms with Crippen LogP contribution >= 0.6 is 34.8 Å². The van der Waals surface area contributed by atoms with Crippen molar-refractivity contribution in [2.45, 2.75) is 82.0 Å². The van der Waals surface area contributed by atoms with E-state index in [4.69, 9.17) is 63.2 Å². The summed E-state index contributed by atoms with van der Waals surface area (Å²) < 4.78 is 72.8. The van der Waals surface area contributed by atoms with Crippen molar-refractivity contribution >= 4 is 115 Å². The maximum atomic E-state index is 13.7. The topological polar surface area (TPSA) is 258 Å². The molecule has 3 fully saturated rings. The Morgan fingerprint density at radius 1 is 0.375 bits per heavy atom. The molecule has 21 nitrogen and oxygen atoms in total. The fraction of sp³-hybridized carbons (Fsp3) is 0.408. The molecule has 25 heteroatoms. The van der Waals surface area contributed by atoms with E-state index in [-0.39, 0.29) is 75.1 Å². The third-order valence-electron chi connectivity index (χ3n) is 17.5. The first kappa shape index (κ1) is 72.5. The number of ether oxygens (including phenoxy) is 6. The number of anilines is 6. The Kier molecular flexibility index (Phi) is 27.2. The van der Waals surface area contributed by atoms with Crippen LogP contribution in [0.1, 0.15) is 77.0 Å². The lowest BCUT2D eigenvalue weighted by Crippen LogP contribution is -2.70. The zero-order valence-corrected chi connectivity index (χ0v) is 56.2. The molecule has 0 bridgehead atoms. The minimum absolute atomic E-state index is 0.00372. The second-order valence-corrected chi connectivity index (χ2v) is 27.5. The summed E-state index contributed by atoms with van der Waals surface area (Å²) in [7, 11) is -5.46. The molecule has 0 atom stereocenters. The number of hydrogen-bond acceptors (Lipinski definition) is 14. The van der Waals surface area contributed by atoms with E-state index in [0.717, 1.165) is 25.7 Å². The third kappa shape index (κ3) is 21.6. The van der Waals surface area contributed by atoms with Gasteiger partial charge >= 0.3 is 28.4 Å². The Bertz CT molecular complexity index is 3440. The van der Waals surface area contributed by atoms with E-state index in [1.807, 2.05) is 66.7 Å². The van der Waals surface area contributed by atoms with Crippen LogP contribution in [0.25, 0.3) is 0 Å². The van der Waals surface area contributed by atoms with Crippen molar-refractivity contribution in [2.24, 2.45) is 35.5 Å². The van der Waals surface area contributed by atoms with Crippen LogP contribution in [0.3, 0.4) is 0 Å². The summed E-state index contributed by atoms with van der Waals surface area (Å²) >= 11 is 18.4. The molecule has 0 radical (unpaired) electrons. The molecule has 3 saturated carbocycles. The van der Waals surface area contributed by atoms with Crippen LogP contribution < -0.4 is 30.7 Å². The van der Waals surface area contributed by atoms with Crippen LogP contribution in [0.15, 0.2) is 164 Å². The lowest BCUT2D eigenvalue weighted by Gasteiger charge is -2.33. The first-order valence-electron chi connectivity index (χ1n) is 32.3. The van der Waals surface area contributed by atoms with Gasteiger partial charge in [0.2, 0.25) is 17.7 Å². The largest absolute Gasteiger partial charge is 0.449 e. The average molecular weight is 1400 g/mol. The van der Waals surface area contributed by atoms with Gasteiger partial charge in [-0.15, -0.1) is 0 Å². The van der Waals surface area contributed by atoms with Crippen LogP contribution in [0, 0.1) is 35.5 Å². The summed E-state index contributed by atoms with van der Waals surface area (Å²) in [6, 6.07) is 48.0. The fourth-order valence-corrected chi connectivity index (χ4v) is 13.2. The summed E-state index contributed by atoms with van der Waals surface area (Å²) in [5.41, 5.74) is 3.68. The van der Waals surface area contributed by atoms with E-state index in [2.05, 4.69) is 16.0 Å². The quantitative estimate of drug-likeness (QED) is 0.0193. The van der Waals surface area contributed by atoms with Gasteiger partial charge in [0.25, 0.3) is 4.99 Å². The highest BCUT2D eigenvalue weighted by Crippen LogP contribution is 2.36. The predicted molar refractivity (Wildman–Crippen MR) is 367 cm³/mol. The molecule has 0 aliphatic heterocycles. The molecule has 6 aromatic carbocycles. The van der Waals surface area contributed by atoms with Crippen molar-refractivity contribution in [3.63, 3.8) is 0 Å². The zero-order chi connectivity index (χ0) is 67.9. The van der Waals surface area contributed by atoms with Gasteiger partial charge < -0.3 is 44.4 Å². The molecule has 9 rings (SSSR count). The molecule has 0 spiro atoms. The molecule has 512 valence electrons. The second-order valence-electron chi connectivity index (χ2n) is 24.6. The molecule has 0 unspecified atom stereocenters. The molecule has 6 aromatic rings. The van der Waals surface area contributed by atoms with Gasteiger partial charge in [-0.3, -0.25) is 18.9 Å². The predicted octanol–water partition coefficient (Wildman–Crippen LogP) is 14.2. The van der Waals surface area contributed by atoms with Crippen LogP contribution in [0.5, 0.6) is 0 Å². The van der Waals surface area contributed by atoms with Crippen LogP contribution in [0.2, 0.25) is 15.1 Å². The number of halogens is 3. The molecule has 0 saturated heterocycles. The maximum Gasteiger partial charge on any atom is 0.418 e. The van der Waals surface area contributed by atoms with Gasteiger partial charge in [0.05, 0.1) is 80.3 Å². The van der Waals surface area contributed by atoms with Gasteiger partial charge in [0.15, 0.2) is 0 Å². The minimum Gasteiger partial charge on any atom is -0.449 e. The summed E-state index contributed by atoms with van der Waals surface area (Å²) in [5, 5.41) is 8.44. The number of hydrogen-bond donors (Lipinski definition) is 4. The first-order valence-corrected chi connectivity index (χ1v) is 34.9. The molecule has 3 aliphatic carbocycles. The van der Waals surface area contributed by atoms with E-state index in [0.29, 0.717) is 101 Å².